The van der Waals surface area contributed by atoms with E-state index in [0.717, 1.165) is 38.5 Å². The SMILES string of the molecule is CCCCCCCCCCCC(=O)NCCNC(=O)CCC(=O)NCCCCCC[N+](C)(C)[O-]. The van der Waals surface area contributed by atoms with Crippen LogP contribution in [0.5, 0.6) is 0 Å². The Kier molecular flexibility index (Phi) is 20.8. The lowest BCUT2D eigenvalue weighted by atomic mass is 10.1. The maximum atomic E-state index is 11.8. The Balaban J connectivity index is 3.47. The van der Waals surface area contributed by atoms with Crippen molar-refractivity contribution in [1.82, 2.24) is 16.0 Å². The summed E-state index contributed by atoms with van der Waals surface area (Å²) in [5.74, 6) is -0.268. The molecule has 0 saturated carbocycles. The minimum Gasteiger partial charge on any atom is -0.633 e. The number of rotatable bonds is 23. The molecule has 0 bridgehead atoms. The van der Waals surface area contributed by atoms with E-state index in [1.54, 1.807) is 14.1 Å². The summed E-state index contributed by atoms with van der Waals surface area (Å²) in [5.41, 5.74) is 0. The van der Waals surface area contributed by atoms with Gasteiger partial charge in [0.1, 0.15) is 0 Å². The van der Waals surface area contributed by atoms with Crippen LogP contribution in [-0.2, 0) is 14.4 Å². The van der Waals surface area contributed by atoms with Gasteiger partial charge in [0, 0.05) is 38.9 Å². The molecule has 0 heterocycles. The van der Waals surface area contributed by atoms with E-state index in [1.165, 1.54) is 44.9 Å². The van der Waals surface area contributed by atoms with Gasteiger partial charge in [-0.15, -0.1) is 0 Å². The quantitative estimate of drug-likeness (QED) is 0.115. The predicted molar refractivity (Wildman–Crippen MR) is 139 cm³/mol. The summed E-state index contributed by atoms with van der Waals surface area (Å²) in [6.07, 6.45) is 15.6. The fourth-order valence-electron chi connectivity index (χ4n) is 3.69. The van der Waals surface area contributed by atoms with E-state index in [2.05, 4.69) is 22.9 Å². The van der Waals surface area contributed by atoms with Gasteiger partial charge in [0.15, 0.2) is 0 Å². The number of amides is 3. The molecule has 0 aromatic carbocycles. The summed E-state index contributed by atoms with van der Waals surface area (Å²) in [4.78, 5) is 35.5. The molecule has 0 rings (SSSR count). The molecule has 0 aliphatic carbocycles. The minimum atomic E-state index is -0.259. The Morgan fingerprint density at radius 3 is 1.50 bits per heavy atom. The first kappa shape index (κ1) is 32.3. The first-order valence-electron chi connectivity index (χ1n) is 13.6. The van der Waals surface area contributed by atoms with Gasteiger partial charge in [-0.1, -0.05) is 64.7 Å². The van der Waals surface area contributed by atoms with Crippen molar-refractivity contribution in [3.63, 3.8) is 0 Å². The van der Waals surface area contributed by atoms with Crippen LogP contribution in [0.15, 0.2) is 0 Å². The third-order valence-electron chi connectivity index (χ3n) is 5.80. The first-order chi connectivity index (χ1) is 16.2. The average molecular weight is 485 g/mol. The predicted octanol–water partition coefficient (Wildman–Crippen LogP) is 4.17. The molecule has 0 aromatic rings. The van der Waals surface area contributed by atoms with Crippen LogP contribution in [0.25, 0.3) is 0 Å². The van der Waals surface area contributed by atoms with Crippen LogP contribution in [0.3, 0.4) is 0 Å². The van der Waals surface area contributed by atoms with Gasteiger partial charge in [0.05, 0.1) is 20.6 Å². The van der Waals surface area contributed by atoms with Crippen molar-refractivity contribution in [2.45, 2.75) is 110 Å². The summed E-state index contributed by atoms with van der Waals surface area (Å²) in [7, 11) is 3.29. The lowest BCUT2D eigenvalue weighted by molar-refractivity contribution is -0.840. The van der Waals surface area contributed by atoms with Crippen LogP contribution in [-0.4, -0.2) is 62.6 Å². The van der Waals surface area contributed by atoms with Gasteiger partial charge in [-0.05, 0) is 25.7 Å². The van der Waals surface area contributed by atoms with Crippen molar-refractivity contribution in [3.05, 3.63) is 5.21 Å². The molecule has 3 amide bonds. The van der Waals surface area contributed by atoms with Crippen LogP contribution in [0.1, 0.15) is 110 Å². The fraction of sp³-hybridized carbons (Fsp3) is 0.885. The van der Waals surface area contributed by atoms with Crippen molar-refractivity contribution >= 4 is 17.7 Å². The number of carbonyl (C=O) groups excluding carboxylic acids is 3. The van der Waals surface area contributed by atoms with Crippen LogP contribution < -0.4 is 16.0 Å². The second-order valence-electron chi connectivity index (χ2n) is 9.84. The molecular formula is C26H52N4O4. The molecule has 0 unspecified atom stereocenters. The number of carbonyl (C=O) groups is 3. The highest BCUT2D eigenvalue weighted by Crippen LogP contribution is 2.10. The van der Waals surface area contributed by atoms with E-state index in [-0.39, 0.29) is 35.2 Å². The molecule has 0 atom stereocenters. The number of hydrogen-bond donors (Lipinski definition) is 3. The number of hydrogen-bond acceptors (Lipinski definition) is 4. The largest absolute Gasteiger partial charge is 0.633 e. The molecule has 0 fully saturated rings. The highest BCUT2D eigenvalue weighted by molar-refractivity contribution is 5.83. The van der Waals surface area contributed by atoms with Crippen molar-refractivity contribution < 1.29 is 19.0 Å². The monoisotopic (exact) mass is 484 g/mol. The Morgan fingerprint density at radius 1 is 0.559 bits per heavy atom. The standard InChI is InChI=1S/C26H52N4O4/c1-4-5-6-7-8-9-10-11-14-17-24(31)28-21-22-29-26(33)19-18-25(32)27-20-15-12-13-16-23-30(2,3)34/h4-23H2,1-3H3,(H,27,32)(H,28,31)(H,29,33). The normalized spacial score (nSPS) is 11.3. The highest BCUT2D eigenvalue weighted by atomic mass is 16.5. The van der Waals surface area contributed by atoms with Gasteiger partial charge in [0.25, 0.3) is 0 Å². The van der Waals surface area contributed by atoms with Gasteiger partial charge in [-0.25, -0.2) is 0 Å². The molecule has 0 aliphatic heterocycles. The van der Waals surface area contributed by atoms with Gasteiger partial charge in [-0.2, -0.15) is 0 Å². The van der Waals surface area contributed by atoms with Crippen LogP contribution in [0.2, 0.25) is 0 Å². The number of nitrogens with one attached hydrogen (secondary N) is 3. The maximum absolute atomic E-state index is 11.8. The molecule has 34 heavy (non-hydrogen) atoms. The van der Waals surface area contributed by atoms with E-state index in [4.69, 9.17) is 0 Å². The van der Waals surface area contributed by atoms with Crippen molar-refractivity contribution in [1.29, 1.82) is 0 Å². The third kappa shape index (κ3) is 25.0. The molecule has 3 N–H and O–H groups in total. The molecule has 200 valence electrons. The molecule has 8 nitrogen and oxygen atoms in total. The smallest absolute Gasteiger partial charge is 0.220 e. The summed E-state index contributed by atoms with van der Waals surface area (Å²) < 4.78 is -0.259. The molecular weight excluding hydrogens is 432 g/mol. The number of hydroxylamine groups is 3. The van der Waals surface area contributed by atoms with E-state index in [0.29, 0.717) is 32.6 Å². The Bertz CT molecular complexity index is 535. The zero-order valence-electron chi connectivity index (χ0n) is 22.2. The molecule has 0 saturated heterocycles. The van der Waals surface area contributed by atoms with Gasteiger partial charge in [-0.3, -0.25) is 14.4 Å². The Hall–Kier alpha value is -1.67. The van der Waals surface area contributed by atoms with Gasteiger partial charge < -0.3 is 25.8 Å². The zero-order chi connectivity index (χ0) is 25.5. The van der Waals surface area contributed by atoms with Crippen molar-refractivity contribution in [2.24, 2.45) is 0 Å². The van der Waals surface area contributed by atoms with E-state index in [9.17, 15) is 19.6 Å². The highest BCUT2D eigenvalue weighted by Gasteiger charge is 2.07. The van der Waals surface area contributed by atoms with Crippen LogP contribution >= 0.6 is 0 Å². The number of nitrogens with zero attached hydrogens (tertiary/aromatic N) is 1. The van der Waals surface area contributed by atoms with Crippen LogP contribution in [0.4, 0.5) is 0 Å². The van der Waals surface area contributed by atoms with Crippen molar-refractivity contribution in [3.8, 4) is 0 Å². The second-order valence-corrected chi connectivity index (χ2v) is 9.84. The average Bonchev–Trinajstić information content (AvgIpc) is 2.78. The third-order valence-corrected chi connectivity index (χ3v) is 5.80. The summed E-state index contributed by atoms with van der Waals surface area (Å²) in [6.45, 7) is 4.23. The lowest BCUT2D eigenvalue weighted by Crippen LogP contribution is -2.35. The first-order valence-corrected chi connectivity index (χ1v) is 13.6. The Morgan fingerprint density at radius 2 is 0.971 bits per heavy atom. The zero-order valence-corrected chi connectivity index (χ0v) is 22.2. The Labute approximate surface area is 208 Å². The van der Waals surface area contributed by atoms with Crippen LogP contribution in [0, 0.1) is 5.21 Å². The molecule has 0 radical (unpaired) electrons. The van der Waals surface area contributed by atoms with Crippen molar-refractivity contribution in [2.75, 3.05) is 40.3 Å². The van der Waals surface area contributed by atoms with Gasteiger partial charge in [0.2, 0.25) is 17.7 Å². The van der Waals surface area contributed by atoms with E-state index in [1.807, 2.05) is 0 Å². The molecule has 8 heteroatoms. The van der Waals surface area contributed by atoms with E-state index >= 15 is 0 Å². The topological polar surface area (TPSA) is 110 Å². The van der Waals surface area contributed by atoms with E-state index < -0.39 is 0 Å². The summed E-state index contributed by atoms with van der Waals surface area (Å²) in [6, 6.07) is 0. The summed E-state index contributed by atoms with van der Waals surface area (Å²) in [5, 5.41) is 19.9. The minimum absolute atomic E-state index is 0.0346. The molecule has 0 aromatic heterocycles. The summed E-state index contributed by atoms with van der Waals surface area (Å²) >= 11 is 0. The number of unbranched alkanes of at least 4 members (excludes halogenated alkanes) is 11. The second kappa shape index (κ2) is 21.8. The maximum Gasteiger partial charge on any atom is 0.220 e. The molecule has 0 aliphatic rings. The number of quaternary nitrogens is 1. The van der Waals surface area contributed by atoms with Gasteiger partial charge >= 0.3 is 0 Å². The lowest BCUT2D eigenvalue weighted by Gasteiger charge is -2.33. The molecule has 0 spiro atoms. The fourth-order valence-corrected chi connectivity index (χ4v) is 3.69.